The lowest BCUT2D eigenvalue weighted by Crippen LogP contribution is -2.73. The van der Waals surface area contributed by atoms with E-state index >= 15 is 0 Å². The number of fused-ring (bicyclic) bond motifs is 3. The molecule has 1 aliphatic carbocycles. The van der Waals surface area contributed by atoms with Crippen LogP contribution in [0.2, 0.25) is 5.02 Å². The summed E-state index contributed by atoms with van der Waals surface area (Å²) in [4.78, 5) is 11.0. The van der Waals surface area contributed by atoms with Crippen LogP contribution >= 0.6 is 11.6 Å². The van der Waals surface area contributed by atoms with Crippen molar-refractivity contribution in [2.75, 3.05) is 42.5 Å². The zero-order valence-corrected chi connectivity index (χ0v) is 19.9. The molecule has 1 spiro atoms. The Bertz CT molecular complexity index is 1340. The van der Waals surface area contributed by atoms with Crippen molar-refractivity contribution in [1.29, 1.82) is 5.26 Å². The fourth-order valence-electron chi connectivity index (χ4n) is 5.84. The van der Waals surface area contributed by atoms with Gasteiger partial charge in [0.05, 0.1) is 29.9 Å². The highest BCUT2D eigenvalue weighted by Crippen LogP contribution is 2.47. The maximum Gasteiger partial charge on any atom is 0.231 e. The Morgan fingerprint density at radius 2 is 1.83 bits per heavy atom. The van der Waals surface area contributed by atoms with E-state index in [2.05, 4.69) is 46.6 Å². The molecule has 0 amide bonds. The maximum absolute atomic E-state index is 13.2. The van der Waals surface area contributed by atoms with Crippen molar-refractivity contribution in [3.05, 3.63) is 58.8 Å². The van der Waals surface area contributed by atoms with Gasteiger partial charge in [0, 0.05) is 49.7 Å². The Morgan fingerprint density at radius 3 is 2.54 bits per heavy atom. The molecule has 4 aliphatic rings. The van der Waals surface area contributed by atoms with Crippen LogP contribution in [-0.4, -0.2) is 57.4 Å². The Morgan fingerprint density at radius 1 is 1.03 bits per heavy atom. The molecule has 5 heterocycles. The van der Waals surface area contributed by atoms with Gasteiger partial charge in [-0.15, -0.1) is 10.2 Å². The summed E-state index contributed by atoms with van der Waals surface area (Å²) < 4.78 is 15.4. The summed E-state index contributed by atoms with van der Waals surface area (Å²) in [5.41, 5.74) is 2.16. The van der Waals surface area contributed by atoms with Crippen molar-refractivity contribution in [3.63, 3.8) is 0 Å². The first-order valence-corrected chi connectivity index (χ1v) is 12.3. The predicted octanol–water partition coefficient (Wildman–Crippen LogP) is 3.40. The van der Waals surface area contributed by atoms with Crippen LogP contribution in [0.3, 0.4) is 0 Å². The molecule has 1 aromatic carbocycles. The highest BCUT2D eigenvalue weighted by atomic mass is 35.5. The standard InChI is InChI=1S/C25H24ClFN8/c26-18-1-3-20-17(7-18)9-32(12-24(11-28)5-6-24)10-22-30-31-23(35(20)22)34-15-25(16-34)13-33(14-25)21-4-2-19(27)8-29-21/h1-4,7-8H,5-6,9-10,12-16H2. The van der Waals surface area contributed by atoms with Crippen LogP contribution in [0.15, 0.2) is 36.5 Å². The molecule has 178 valence electrons. The molecule has 0 radical (unpaired) electrons. The molecule has 0 bridgehead atoms. The minimum atomic E-state index is -0.314. The first-order chi connectivity index (χ1) is 16.9. The molecule has 2 saturated heterocycles. The summed E-state index contributed by atoms with van der Waals surface area (Å²) in [5.74, 6) is 2.26. The van der Waals surface area contributed by atoms with Gasteiger partial charge in [-0.1, -0.05) is 11.6 Å². The normalized spacial score (nSPS) is 21.4. The summed E-state index contributed by atoms with van der Waals surface area (Å²) >= 11 is 6.38. The Labute approximate surface area is 207 Å². The van der Waals surface area contributed by atoms with Crippen LogP contribution < -0.4 is 9.80 Å². The SMILES string of the molecule is N#CC1(CN2Cc3cc(Cl)ccc3-n3c(nnc3N3CC4(CN(c5ccc(F)cn5)C4)C3)C2)CC1. The van der Waals surface area contributed by atoms with Crippen molar-refractivity contribution < 1.29 is 4.39 Å². The Kier molecular flexibility index (Phi) is 4.45. The molecule has 1 saturated carbocycles. The molecule has 0 atom stereocenters. The summed E-state index contributed by atoms with van der Waals surface area (Å²) in [7, 11) is 0. The topological polar surface area (TPSA) is 77.1 Å². The number of halogens is 2. The summed E-state index contributed by atoms with van der Waals surface area (Å²) in [6, 6.07) is 11.7. The summed E-state index contributed by atoms with van der Waals surface area (Å²) in [6.07, 6.45) is 3.19. The summed E-state index contributed by atoms with van der Waals surface area (Å²) in [6.45, 7) is 5.70. The van der Waals surface area contributed by atoms with Crippen LogP contribution in [0, 0.1) is 28.0 Å². The van der Waals surface area contributed by atoms with E-state index in [4.69, 9.17) is 11.6 Å². The van der Waals surface area contributed by atoms with Gasteiger partial charge in [-0.3, -0.25) is 9.47 Å². The fourth-order valence-corrected chi connectivity index (χ4v) is 6.03. The van der Waals surface area contributed by atoms with E-state index in [0.717, 1.165) is 81.0 Å². The second kappa shape index (κ2) is 7.39. The maximum atomic E-state index is 13.2. The van der Waals surface area contributed by atoms with Gasteiger partial charge in [0.2, 0.25) is 5.95 Å². The highest BCUT2D eigenvalue weighted by Gasteiger charge is 2.53. The third-order valence-corrected chi connectivity index (χ3v) is 8.03. The van der Waals surface area contributed by atoms with Crippen molar-refractivity contribution in [3.8, 4) is 11.8 Å². The Balaban J connectivity index is 1.13. The first-order valence-electron chi connectivity index (χ1n) is 11.9. The average molecular weight is 491 g/mol. The number of pyridine rings is 1. The largest absolute Gasteiger partial charge is 0.355 e. The van der Waals surface area contributed by atoms with E-state index in [-0.39, 0.29) is 16.6 Å². The van der Waals surface area contributed by atoms with Crippen LogP contribution in [0.25, 0.3) is 5.69 Å². The van der Waals surface area contributed by atoms with Gasteiger partial charge in [0.15, 0.2) is 5.82 Å². The van der Waals surface area contributed by atoms with Gasteiger partial charge in [0.25, 0.3) is 0 Å². The second-order valence-electron chi connectivity index (χ2n) is 10.6. The number of nitriles is 1. The zero-order valence-electron chi connectivity index (χ0n) is 19.2. The number of benzene rings is 1. The average Bonchev–Trinajstić information content (AvgIpc) is 3.48. The van der Waals surface area contributed by atoms with E-state index in [1.807, 2.05) is 12.1 Å². The minimum Gasteiger partial charge on any atom is -0.355 e. The quantitative estimate of drug-likeness (QED) is 0.554. The molecule has 0 N–H and O–H groups in total. The monoisotopic (exact) mass is 490 g/mol. The molecule has 3 aliphatic heterocycles. The third kappa shape index (κ3) is 3.46. The van der Waals surface area contributed by atoms with Gasteiger partial charge in [-0.2, -0.15) is 5.26 Å². The third-order valence-electron chi connectivity index (χ3n) is 7.80. The van der Waals surface area contributed by atoms with E-state index in [9.17, 15) is 9.65 Å². The minimum absolute atomic E-state index is 0.202. The van der Waals surface area contributed by atoms with Crippen molar-refractivity contribution >= 4 is 23.4 Å². The molecule has 3 fully saturated rings. The fraction of sp³-hybridized carbons (Fsp3) is 0.440. The Hall–Kier alpha value is -3.22. The van der Waals surface area contributed by atoms with Crippen LogP contribution in [0.4, 0.5) is 16.2 Å². The molecule has 3 aromatic rings. The predicted molar refractivity (Wildman–Crippen MR) is 129 cm³/mol. The molecule has 2 aromatic heterocycles. The van der Waals surface area contributed by atoms with Crippen LogP contribution in [0.1, 0.15) is 24.2 Å². The van der Waals surface area contributed by atoms with E-state index < -0.39 is 0 Å². The van der Waals surface area contributed by atoms with Crippen LogP contribution in [-0.2, 0) is 13.1 Å². The second-order valence-corrected chi connectivity index (χ2v) is 11.0. The van der Waals surface area contributed by atoms with E-state index in [0.29, 0.717) is 11.6 Å². The van der Waals surface area contributed by atoms with Crippen molar-refractivity contribution in [2.24, 2.45) is 10.8 Å². The number of rotatable bonds is 4. The molecular formula is C25H24ClFN8. The van der Waals surface area contributed by atoms with Crippen LogP contribution in [0.5, 0.6) is 0 Å². The van der Waals surface area contributed by atoms with Gasteiger partial charge < -0.3 is 9.80 Å². The summed E-state index contributed by atoms with van der Waals surface area (Å²) in [5, 5.41) is 19.5. The van der Waals surface area contributed by atoms with E-state index in [1.165, 1.54) is 12.3 Å². The van der Waals surface area contributed by atoms with Gasteiger partial charge in [-0.05, 0) is 48.7 Å². The molecule has 8 nitrogen and oxygen atoms in total. The lowest BCUT2D eigenvalue weighted by Gasteiger charge is -2.60. The highest BCUT2D eigenvalue weighted by molar-refractivity contribution is 6.30. The number of hydrogen-bond acceptors (Lipinski definition) is 7. The smallest absolute Gasteiger partial charge is 0.231 e. The van der Waals surface area contributed by atoms with Gasteiger partial charge >= 0.3 is 0 Å². The van der Waals surface area contributed by atoms with E-state index in [1.54, 1.807) is 6.07 Å². The first kappa shape index (κ1) is 21.1. The number of hydrogen-bond donors (Lipinski definition) is 0. The zero-order chi connectivity index (χ0) is 23.8. The van der Waals surface area contributed by atoms with Crippen molar-refractivity contribution in [2.45, 2.75) is 25.9 Å². The van der Waals surface area contributed by atoms with Gasteiger partial charge in [0.1, 0.15) is 11.6 Å². The lowest BCUT2D eigenvalue weighted by atomic mass is 9.73. The van der Waals surface area contributed by atoms with Crippen molar-refractivity contribution in [1.82, 2.24) is 24.6 Å². The number of anilines is 2. The number of nitrogens with zero attached hydrogens (tertiary/aromatic N) is 8. The molecule has 0 unspecified atom stereocenters. The molecule has 10 heteroatoms. The molecule has 35 heavy (non-hydrogen) atoms. The molecule has 7 rings (SSSR count). The number of aromatic nitrogens is 4. The van der Waals surface area contributed by atoms with Gasteiger partial charge in [-0.25, -0.2) is 9.37 Å². The lowest BCUT2D eigenvalue weighted by molar-refractivity contribution is 0.153. The molecular weight excluding hydrogens is 467 g/mol.